The van der Waals surface area contributed by atoms with Crippen LogP contribution in [0.2, 0.25) is 0 Å². The third-order valence-corrected chi connectivity index (χ3v) is 4.41. The van der Waals surface area contributed by atoms with Crippen molar-refractivity contribution in [2.24, 2.45) is 5.18 Å². The summed E-state index contributed by atoms with van der Waals surface area (Å²) in [6.45, 7) is 4.73. The maximum Gasteiger partial charge on any atom is 0.222 e. The second-order valence-corrected chi connectivity index (χ2v) is 6.61. The monoisotopic (exact) mass is 388 g/mol. The number of aryl methyl sites for hydroxylation is 2. The largest absolute Gasteiger partial charge is 0.493 e. The number of benzene rings is 2. The number of fused-ring (bicyclic) bond motifs is 1. The molecule has 1 N–H and O–H groups in total. The van der Waals surface area contributed by atoms with Gasteiger partial charge in [0.15, 0.2) is 5.69 Å². The van der Waals surface area contributed by atoms with E-state index >= 15 is 0 Å². The summed E-state index contributed by atoms with van der Waals surface area (Å²) in [7, 11) is 0. The number of nitroso groups, excluding NO2 is 1. The van der Waals surface area contributed by atoms with Gasteiger partial charge in [-0.1, -0.05) is 33.6 Å². The molecule has 0 amide bonds. The minimum atomic E-state index is -0.131. The molecule has 3 aromatic rings. The molecule has 24 heavy (non-hydrogen) atoms. The highest BCUT2D eigenvalue weighted by Gasteiger charge is 2.19. The SMILES string of the molecule is Cc1ccc(OCCn2c(O)c(N=O)c3cc(Br)cc(C)c32)cc1. The van der Waals surface area contributed by atoms with E-state index in [-0.39, 0.29) is 11.6 Å². The molecule has 1 heterocycles. The van der Waals surface area contributed by atoms with Crippen LogP contribution in [-0.2, 0) is 6.54 Å². The Bertz CT molecular complexity index is 901. The highest BCUT2D eigenvalue weighted by atomic mass is 79.9. The minimum absolute atomic E-state index is 0.0599. The van der Waals surface area contributed by atoms with Gasteiger partial charge in [-0.3, -0.25) is 0 Å². The topological polar surface area (TPSA) is 63.8 Å². The third kappa shape index (κ3) is 3.01. The zero-order valence-electron chi connectivity index (χ0n) is 13.4. The van der Waals surface area contributed by atoms with Crippen LogP contribution in [0, 0.1) is 18.8 Å². The van der Waals surface area contributed by atoms with Gasteiger partial charge in [-0.25, -0.2) is 0 Å². The van der Waals surface area contributed by atoms with Crippen molar-refractivity contribution in [2.45, 2.75) is 20.4 Å². The highest BCUT2D eigenvalue weighted by molar-refractivity contribution is 9.10. The molecule has 2 aromatic carbocycles. The zero-order valence-corrected chi connectivity index (χ0v) is 15.0. The van der Waals surface area contributed by atoms with Crippen LogP contribution >= 0.6 is 15.9 Å². The molecule has 0 saturated carbocycles. The van der Waals surface area contributed by atoms with Gasteiger partial charge in [0, 0.05) is 9.86 Å². The predicted molar refractivity (Wildman–Crippen MR) is 98.2 cm³/mol. The van der Waals surface area contributed by atoms with Crippen LogP contribution in [-0.4, -0.2) is 16.3 Å². The third-order valence-electron chi connectivity index (χ3n) is 3.95. The van der Waals surface area contributed by atoms with Gasteiger partial charge in [0.25, 0.3) is 0 Å². The number of aromatic nitrogens is 1. The molecule has 0 bridgehead atoms. The van der Waals surface area contributed by atoms with Crippen molar-refractivity contribution in [3.05, 3.63) is 56.9 Å². The second-order valence-electron chi connectivity index (χ2n) is 5.70. The summed E-state index contributed by atoms with van der Waals surface area (Å²) in [5, 5.41) is 14.0. The van der Waals surface area contributed by atoms with Crippen LogP contribution in [0.4, 0.5) is 5.69 Å². The zero-order chi connectivity index (χ0) is 17.3. The summed E-state index contributed by atoms with van der Waals surface area (Å²) in [6, 6.07) is 11.5. The Labute approximate surface area is 148 Å². The van der Waals surface area contributed by atoms with Crippen LogP contribution in [0.5, 0.6) is 11.6 Å². The van der Waals surface area contributed by atoms with E-state index in [9.17, 15) is 10.0 Å². The smallest absolute Gasteiger partial charge is 0.222 e. The lowest BCUT2D eigenvalue weighted by Gasteiger charge is -2.11. The molecule has 0 aliphatic carbocycles. The summed E-state index contributed by atoms with van der Waals surface area (Å²) in [6.07, 6.45) is 0. The van der Waals surface area contributed by atoms with Gasteiger partial charge < -0.3 is 14.4 Å². The fraction of sp³-hybridized carbons (Fsp3) is 0.222. The van der Waals surface area contributed by atoms with Gasteiger partial charge in [0.2, 0.25) is 5.88 Å². The Morgan fingerprint density at radius 3 is 2.58 bits per heavy atom. The van der Waals surface area contributed by atoms with Gasteiger partial charge in [0.1, 0.15) is 12.4 Å². The standard InChI is InChI=1S/C18H17BrN2O3/c1-11-3-5-14(6-4-11)24-8-7-21-17-12(2)9-13(19)10-15(17)16(20-23)18(21)22/h3-6,9-10,22H,7-8H2,1-2H3. The number of aromatic hydroxyl groups is 1. The number of nitrogens with zero attached hydrogens (tertiary/aromatic N) is 2. The second kappa shape index (κ2) is 6.65. The van der Waals surface area contributed by atoms with E-state index in [1.165, 1.54) is 5.56 Å². The molecular weight excluding hydrogens is 372 g/mol. The Morgan fingerprint density at radius 2 is 1.92 bits per heavy atom. The lowest BCUT2D eigenvalue weighted by molar-refractivity contribution is 0.290. The quantitative estimate of drug-likeness (QED) is 0.610. The summed E-state index contributed by atoms with van der Waals surface area (Å²) in [5.74, 6) is 0.637. The lowest BCUT2D eigenvalue weighted by Crippen LogP contribution is -2.08. The molecule has 124 valence electrons. The first-order chi connectivity index (χ1) is 11.5. The first-order valence-electron chi connectivity index (χ1n) is 7.55. The van der Waals surface area contributed by atoms with Crippen molar-refractivity contribution in [3.8, 4) is 11.6 Å². The fourth-order valence-electron chi connectivity index (χ4n) is 2.83. The van der Waals surface area contributed by atoms with Crippen LogP contribution < -0.4 is 4.74 Å². The van der Waals surface area contributed by atoms with E-state index in [0.717, 1.165) is 21.3 Å². The number of hydrogen-bond donors (Lipinski definition) is 1. The molecule has 6 heteroatoms. The molecule has 0 aliphatic rings. The van der Waals surface area contributed by atoms with Gasteiger partial charge in [-0.2, -0.15) is 0 Å². The van der Waals surface area contributed by atoms with E-state index in [2.05, 4.69) is 21.1 Å². The van der Waals surface area contributed by atoms with E-state index in [1.807, 2.05) is 44.2 Å². The summed E-state index contributed by atoms with van der Waals surface area (Å²) in [5.41, 5.74) is 2.96. The molecular formula is C18H17BrN2O3. The molecule has 0 aliphatic heterocycles. The Morgan fingerprint density at radius 1 is 1.21 bits per heavy atom. The average molecular weight is 389 g/mol. The molecule has 5 nitrogen and oxygen atoms in total. The van der Waals surface area contributed by atoms with E-state index < -0.39 is 0 Å². The summed E-state index contributed by atoms with van der Waals surface area (Å²) >= 11 is 3.41. The molecule has 0 saturated heterocycles. The first kappa shape index (κ1) is 16.5. The Kier molecular flexibility index (Phi) is 4.57. The molecule has 3 rings (SSSR count). The van der Waals surface area contributed by atoms with Gasteiger partial charge in [-0.15, -0.1) is 4.91 Å². The number of ether oxygens (including phenoxy) is 1. The van der Waals surface area contributed by atoms with Crippen LogP contribution in [0.3, 0.4) is 0 Å². The Hall–Kier alpha value is -2.34. The maximum absolute atomic E-state index is 11.1. The van der Waals surface area contributed by atoms with Crippen LogP contribution in [0.15, 0.2) is 46.0 Å². The predicted octanol–water partition coefficient (Wildman–Crippen LogP) is 5.20. The van der Waals surface area contributed by atoms with E-state index in [4.69, 9.17) is 4.74 Å². The highest BCUT2D eigenvalue weighted by Crippen LogP contribution is 2.41. The maximum atomic E-state index is 11.1. The van der Waals surface area contributed by atoms with Crippen molar-refractivity contribution in [3.63, 3.8) is 0 Å². The minimum Gasteiger partial charge on any atom is -0.493 e. The number of hydrogen-bond acceptors (Lipinski definition) is 4. The molecule has 0 atom stereocenters. The molecule has 1 aromatic heterocycles. The van der Waals surface area contributed by atoms with Crippen molar-refractivity contribution in [2.75, 3.05) is 6.61 Å². The van der Waals surface area contributed by atoms with Gasteiger partial charge >= 0.3 is 0 Å². The van der Waals surface area contributed by atoms with E-state index in [1.54, 1.807) is 10.6 Å². The lowest BCUT2D eigenvalue weighted by atomic mass is 10.1. The van der Waals surface area contributed by atoms with Crippen molar-refractivity contribution >= 4 is 32.5 Å². The Balaban J connectivity index is 1.90. The van der Waals surface area contributed by atoms with Crippen LogP contribution in [0.25, 0.3) is 10.9 Å². The summed E-state index contributed by atoms with van der Waals surface area (Å²) < 4.78 is 8.23. The van der Waals surface area contributed by atoms with Crippen molar-refractivity contribution < 1.29 is 9.84 Å². The van der Waals surface area contributed by atoms with E-state index in [0.29, 0.717) is 18.5 Å². The van der Waals surface area contributed by atoms with Crippen molar-refractivity contribution in [1.82, 2.24) is 4.57 Å². The number of halogens is 1. The molecule has 0 radical (unpaired) electrons. The summed E-state index contributed by atoms with van der Waals surface area (Å²) in [4.78, 5) is 11.1. The van der Waals surface area contributed by atoms with Gasteiger partial charge in [-0.05, 0) is 48.9 Å². The van der Waals surface area contributed by atoms with Crippen LogP contribution in [0.1, 0.15) is 11.1 Å². The molecule has 0 fully saturated rings. The first-order valence-corrected chi connectivity index (χ1v) is 8.34. The molecule has 0 unspecified atom stereocenters. The normalized spacial score (nSPS) is 11.0. The fourth-order valence-corrected chi connectivity index (χ4v) is 3.40. The van der Waals surface area contributed by atoms with Crippen molar-refractivity contribution in [1.29, 1.82) is 0 Å². The molecule has 0 spiro atoms. The average Bonchev–Trinajstić information content (AvgIpc) is 2.81. The number of rotatable bonds is 5. The van der Waals surface area contributed by atoms with Gasteiger partial charge in [0.05, 0.1) is 12.1 Å².